The summed E-state index contributed by atoms with van der Waals surface area (Å²) in [4.78, 5) is 12.7. The van der Waals surface area contributed by atoms with Crippen molar-refractivity contribution in [1.82, 2.24) is 5.32 Å². The molecule has 126 valence electrons. The number of rotatable bonds is 5. The van der Waals surface area contributed by atoms with Gasteiger partial charge < -0.3 is 10.1 Å². The number of para-hydroxylation sites is 1. The molecule has 0 aliphatic heterocycles. The van der Waals surface area contributed by atoms with Gasteiger partial charge in [-0.05, 0) is 55.4 Å². The largest absolute Gasteiger partial charge is 0.480 e. The molecule has 0 bridgehead atoms. The fourth-order valence-corrected chi connectivity index (χ4v) is 3.33. The maximum atomic E-state index is 12.7. The van der Waals surface area contributed by atoms with Crippen LogP contribution in [-0.2, 0) is 11.2 Å². The summed E-state index contributed by atoms with van der Waals surface area (Å²) in [6, 6.07) is 16.3. The maximum absolute atomic E-state index is 12.7. The van der Waals surface area contributed by atoms with E-state index in [1.165, 1.54) is 11.1 Å². The molecular weight excluding hydrogens is 298 g/mol. The Balaban J connectivity index is 1.71. The van der Waals surface area contributed by atoms with E-state index >= 15 is 0 Å². The van der Waals surface area contributed by atoms with Crippen molar-refractivity contribution in [2.45, 2.75) is 51.7 Å². The third kappa shape index (κ3) is 3.61. The molecule has 0 spiro atoms. The molecular formula is C21H25NO2. The predicted molar refractivity (Wildman–Crippen MR) is 96.1 cm³/mol. The minimum atomic E-state index is -0.458. The fraction of sp³-hybridized carbons (Fsp3) is 0.381. The zero-order valence-corrected chi connectivity index (χ0v) is 14.4. The van der Waals surface area contributed by atoms with Gasteiger partial charge in [-0.15, -0.1) is 0 Å². The van der Waals surface area contributed by atoms with Crippen LogP contribution in [0, 0.1) is 6.92 Å². The van der Waals surface area contributed by atoms with Crippen molar-refractivity contribution in [3.63, 3.8) is 0 Å². The van der Waals surface area contributed by atoms with Gasteiger partial charge in [0.15, 0.2) is 6.10 Å². The van der Waals surface area contributed by atoms with Gasteiger partial charge >= 0.3 is 0 Å². The second-order valence-electron chi connectivity index (χ2n) is 6.43. The first-order valence-electron chi connectivity index (χ1n) is 8.79. The standard InChI is InChI=1S/C21H25NO2/c1-3-19(24-20-14-7-4-9-15(20)2)21(23)22-18-13-8-11-16-10-5-6-12-17(16)18/h4-7,9-10,12,14,18-19H,3,8,11,13H2,1-2H3,(H,22,23)/t18-,19+/m0/s1. The van der Waals surface area contributed by atoms with Crippen LogP contribution < -0.4 is 10.1 Å². The highest BCUT2D eigenvalue weighted by molar-refractivity contribution is 5.81. The summed E-state index contributed by atoms with van der Waals surface area (Å²) in [6.07, 6.45) is 3.38. The number of aryl methyl sites for hydroxylation is 2. The van der Waals surface area contributed by atoms with E-state index in [0.717, 1.165) is 30.6 Å². The van der Waals surface area contributed by atoms with Crippen LogP contribution in [0.5, 0.6) is 5.75 Å². The summed E-state index contributed by atoms with van der Waals surface area (Å²) in [6.45, 7) is 3.98. The molecule has 24 heavy (non-hydrogen) atoms. The highest BCUT2D eigenvalue weighted by Crippen LogP contribution is 2.29. The van der Waals surface area contributed by atoms with Crippen molar-refractivity contribution < 1.29 is 9.53 Å². The molecule has 0 radical (unpaired) electrons. The average molecular weight is 323 g/mol. The molecule has 0 aromatic heterocycles. The third-order valence-electron chi connectivity index (χ3n) is 4.71. The average Bonchev–Trinajstić information content (AvgIpc) is 2.61. The van der Waals surface area contributed by atoms with Gasteiger partial charge in [0.1, 0.15) is 5.75 Å². The smallest absolute Gasteiger partial charge is 0.261 e. The number of ether oxygens (including phenoxy) is 1. The van der Waals surface area contributed by atoms with Gasteiger partial charge in [-0.3, -0.25) is 4.79 Å². The van der Waals surface area contributed by atoms with Crippen molar-refractivity contribution in [3.05, 3.63) is 65.2 Å². The fourth-order valence-electron chi connectivity index (χ4n) is 3.33. The molecule has 0 saturated carbocycles. The zero-order valence-electron chi connectivity index (χ0n) is 14.4. The van der Waals surface area contributed by atoms with E-state index in [1.54, 1.807) is 0 Å². The Bertz CT molecular complexity index is 710. The Hall–Kier alpha value is -2.29. The first kappa shape index (κ1) is 16.6. The molecule has 2 aromatic rings. The number of benzene rings is 2. The van der Waals surface area contributed by atoms with Crippen molar-refractivity contribution in [2.75, 3.05) is 0 Å². The summed E-state index contributed by atoms with van der Waals surface area (Å²) >= 11 is 0. The molecule has 1 amide bonds. The van der Waals surface area contributed by atoms with Gasteiger partial charge in [0.05, 0.1) is 6.04 Å². The number of carbonyl (C=O) groups is 1. The van der Waals surface area contributed by atoms with Crippen LogP contribution in [-0.4, -0.2) is 12.0 Å². The molecule has 1 N–H and O–H groups in total. The summed E-state index contributed by atoms with van der Waals surface area (Å²) in [5.74, 6) is 0.756. The van der Waals surface area contributed by atoms with E-state index in [4.69, 9.17) is 4.74 Å². The van der Waals surface area contributed by atoms with Crippen molar-refractivity contribution >= 4 is 5.91 Å². The second kappa shape index (κ2) is 7.52. The minimum Gasteiger partial charge on any atom is -0.480 e. The first-order chi connectivity index (χ1) is 11.7. The number of amides is 1. The van der Waals surface area contributed by atoms with Gasteiger partial charge in [-0.1, -0.05) is 49.4 Å². The molecule has 1 aliphatic carbocycles. The van der Waals surface area contributed by atoms with Crippen LogP contribution in [0.15, 0.2) is 48.5 Å². The molecule has 3 rings (SSSR count). The zero-order chi connectivity index (χ0) is 16.9. The summed E-state index contributed by atoms with van der Waals surface area (Å²) in [7, 11) is 0. The number of fused-ring (bicyclic) bond motifs is 1. The highest BCUT2D eigenvalue weighted by atomic mass is 16.5. The lowest BCUT2D eigenvalue weighted by molar-refractivity contribution is -0.129. The topological polar surface area (TPSA) is 38.3 Å². The summed E-state index contributed by atoms with van der Waals surface area (Å²) in [5, 5.41) is 3.20. The Morgan fingerprint density at radius 2 is 1.96 bits per heavy atom. The Labute approximate surface area is 144 Å². The summed E-state index contributed by atoms with van der Waals surface area (Å²) in [5.41, 5.74) is 3.65. The normalized spacial score (nSPS) is 17.7. The van der Waals surface area contributed by atoms with Gasteiger partial charge in [-0.2, -0.15) is 0 Å². The minimum absolute atomic E-state index is 0.0255. The van der Waals surface area contributed by atoms with Gasteiger partial charge in [0, 0.05) is 0 Å². The Kier molecular flexibility index (Phi) is 5.19. The van der Waals surface area contributed by atoms with Crippen molar-refractivity contribution in [3.8, 4) is 5.75 Å². The van der Waals surface area contributed by atoms with Crippen LogP contribution in [0.2, 0.25) is 0 Å². The molecule has 0 saturated heterocycles. The van der Waals surface area contributed by atoms with Gasteiger partial charge in [0.25, 0.3) is 5.91 Å². The van der Waals surface area contributed by atoms with E-state index < -0.39 is 6.10 Å². The molecule has 1 aliphatic rings. The van der Waals surface area contributed by atoms with Gasteiger partial charge in [-0.25, -0.2) is 0 Å². The van der Waals surface area contributed by atoms with Crippen LogP contribution in [0.3, 0.4) is 0 Å². The van der Waals surface area contributed by atoms with Crippen LogP contribution in [0.4, 0.5) is 0 Å². The second-order valence-corrected chi connectivity index (χ2v) is 6.43. The molecule has 3 heteroatoms. The Morgan fingerprint density at radius 3 is 2.75 bits per heavy atom. The van der Waals surface area contributed by atoms with Crippen LogP contribution >= 0.6 is 0 Å². The van der Waals surface area contributed by atoms with E-state index in [-0.39, 0.29) is 11.9 Å². The monoisotopic (exact) mass is 323 g/mol. The molecule has 2 atom stereocenters. The molecule has 0 unspecified atom stereocenters. The SMILES string of the molecule is CC[C@@H](Oc1ccccc1C)C(=O)N[C@H]1CCCc2ccccc21. The highest BCUT2D eigenvalue weighted by Gasteiger charge is 2.25. The third-order valence-corrected chi connectivity index (χ3v) is 4.71. The van der Waals surface area contributed by atoms with Crippen molar-refractivity contribution in [1.29, 1.82) is 0 Å². The van der Waals surface area contributed by atoms with E-state index in [9.17, 15) is 4.79 Å². The molecule has 0 heterocycles. The predicted octanol–water partition coefficient (Wildman–Crippen LogP) is 4.35. The lowest BCUT2D eigenvalue weighted by atomic mass is 9.87. The quantitative estimate of drug-likeness (QED) is 0.888. The summed E-state index contributed by atoms with van der Waals surface area (Å²) < 4.78 is 5.97. The lowest BCUT2D eigenvalue weighted by Crippen LogP contribution is -2.41. The number of carbonyl (C=O) groups excluding carboxylic acids is 1. The van der Waals surface area contributed by atoms with Crippen LogP contribution in [0.1, 0.15) is 48.9 Å². The molecule has 2 aromatic carbocycles. The number of hydrogen-bond donors (Lipinski definition) is 1. The van der Waals surface area contributed by atoms with E-state index in [1.807, 2.05) is 44.2 Å². The van der Waals surface area contributed by atoms with E-state index in [0.29, 0.717) is 6.42 Å². The number of nitrogens with one attached hydrogen (secondary N) is 1. The maximum Gasteiger partial charge on any atom is 0.261 e. The first-order valence-corrected chi connectivity index (χ1v) is 8.79. The van der Waals surface area contributed by atoms with Crippen LogP contribution in [0.25, 0.3) is 0 Å². The number of hydrogen-bond acceptors (Lipinski definition) is 2. The lowest BCUT2D eigenvalue weighted by Gasteiger charge is -2.28. The Morgan fingerprint density at radius 1 is 1.21 bits per heavy atom. The van der Waals surface area contributed by atoms with E-state index in [2.05, 4.69) is 23.5 Å². The molecule has 0 fully saturated rings. The van der Waals surface area contributed by atoms with Gasteiger partial charge in [0.2, 0.25) is 0 Å². The van der Waals surface area contributed by atoms with Crippen molar-refractivity contribution in [2.24, 2.45) is 0 Å². The molecule has 3 nitrogen and oxygen atoms in total.